The van der Waals surface area contributed by atoms with E-state index in [1.807, 2.05) is 0 Å². The van der Waals surface area contributed by atoms with Crippen LogP contribution in [0.4, 0.5) is 5.69 Å². The molecule has 0 radical (unpaired) electrons. The molecular weight excluding hydrogens is 196 g/mol. The van der Waals surface area contributed by atoms with Gasteiger partial charge in [0.15, 0.2) is 0 Å². The van der Waals surface area contributed by atoms with Crippen LogP contribution in [0.15, 0.2) is 18.2 Å². The predicted octanol–water partition coefficient (Wildman–Crippen LogP) is 2.61. The van der Waals surface area contributed by atoms with Gasteiger partial charge in [0.05, 0.1) is 0 Å². The summed E-state index contributed by atoms with van der Waals surface area (Å²) in [6.45, 7) is 2.32. The minimum Gasteiger partial charge on any atom is -0.398 e. The smallest absolute Gasteiger partial charge is 0.0349 e. The molecule has 16 heavy (non-hydrogen) atoms. The summed E-state index contributed by atoms with van der Waals surface area (Å²) in [4.78, 5) is 0. The van der Waals surface area contributed by atoms with Crippen molar-refractivity contribution in [2.24, 2.45) is 0 Å². The van der Waals surface area contributed by atoms with Gasteiger partial charge in [0.2, 0.25) is 0 Å². The van der Waals surface area contributed by atoms with Gasteiger partial charge in [-0.3, -0.25) is 0 Å². The van der Waals surface area contributed by atoms with Gasteiger partial charge in [-0.2, -0.15) is 0 Å². The maximum Gasteiger partial charge on any atom is 0.0349 e. The third-order valence-corrected chi connectivity index (χ3v) is 3.94. The summed E-state index contributed by atoms with van der Waals surface area (Å²) in [6.07, 6.45) is 5.21. The molecule has 1 aromatic carbocycles. The molecule has 0 atom stereocenters. The summed E-state index contributed by atoms with van der Waals surface area (Å²) in [5, 5.41) is 3.42. The van der Waals surface area contributed by atoms with Crippen molar-refractivity contribution in [1.82, 2.24) is 5.32 Å². The molecule has 0 aromatic heterocycles. The topological polar surface area (TPSA) is 38.0 Å². The van der Waals surface area contributed by atoms with E-state index in [9.17, 15) is 0 Å². The zero-order valence-electron chi connectivity index (χ0n) is 9.71. The van der Waals surface area contributed by atoms with Crippen molar-refractivity contribution in [3.63, 3.8) is 0 Å². The normalized spacial score (nSPS) is 22.2. The second-order valence-corrected chi connectivity index (χ2v) is 5.19. The molecule has 1 aliphatic heterocycles. The highest BCUT2D eigenvalue weighted by Crippen LogP contribution is 2.43. The summed E-state index contributed by atoms with van der Waals surface area (Å²) >= 11 is 0. The molecule has 2 heteroatoms. The lowest BCUT2D eigenvalue weighted by molar-refractivity contribution is 0.460. The lowest BCUT2D eigenvalue weighted by Crippen LogP contribution is -2.26. The summed E-state index contributed by atoms with van der Waals surface area (Å²) in [6, 6.07) is 6.73. The van der Waals surface area contributed by atoms with Gasteiger partial charge in [-0.05, 0) is 67.8 Å². The second-order valence-electron chi connectivity index (χ2n) is 5.19. The zero-order valence-corrected chi connectivity index (χ0v) is 9.71. The van der Waals surface area contributed by atoms with Crippen molar-refractivity contribution in [1.29, 1.82) is 0 Å². The zero-order chi connectivity index (χ0) is 11.0. The van der Waals surface area contributed by atoms with E-state index >= 15 is 0 Å². The summed E-state index contributed by atoms with van der Waals surface area (Å²) in [5.74, 6) is 1.51. The average Bonchev–Trinajstić information content (AvgIpc) is 3.15. The third kappa shape index (κ3) is 1.94. The summed E-state index contributed by atoms with van der Waals surface area (Å²) in [7, 11) is 0. The maximum atomic E-state index is 6.05. The van der Waals surface area contributed by atoms with Crippen LogP contribution in [-0.4, -0.2) is 13.1 Å². The van der Waals surface area contributed by atoms with Crippen molar-refractivity contribution in [3.05, 3.63) is 29.3 Å². The quantitative estimate of drug-likeness (QED) is 0.746. The average molecular weight is 216 g/mol. The third-order valence-electron chi connectivity index (χ3n) is 3.94. The Morgan fingerprint density at radius 3 is 2.44 bits per heavy atom. The standard InChI is InChI=1S/C14H20N2/c15-14-4-3-12(9-13(14)11-1-2-11)10-5-7-16-8-6-10/h3-4,9-11,16H,1-2,5-8,15H2. The number of nitrogens with one attached hydrogen (secondary N) is 1. The summed E-state index contributed by atoms with van der Waals surface area (Å²) < 4.78 is 0. The van der Waals surface area contributed by atoms with Crippen LogP contribution in [0.5, 0.6) is 0 Å². The molecule has 0 amide bonds. The van der Waals surface area contributed by atoms with E-state index in [1.165, 1.54) is 36.8 Å². The largest absolute Gasteiger partial charge is 0.398 e. The van der Waals surface area contributed by atoms with Gasteiger partial charge >= 0.3 is 0 Å². The van der Waals surface area contributed by atoms with Crippen molar-refractivity contribution >= 4 is 5.69 Å². The van der Waals surface area contributed by atoms with E-state index in [1.54, 1.807) is 0 Å². The van der Waals surface area contributed by atoms with Gasteiger partial charge in [0.1, 0.15) is 0 Å². The Labute approximate surface area is 97.2 Å². The van der Waals surface area contributed by atoms with E-state index in [4.69, 9.17) is 5.73 Å². The van der Waals surface area contributed by atoms with Gasteiger partial charge in [0.25, 0.3) is 0 Å². The van der Waals surface area contributed by atoms with Crippen LogP contribution in [0, 0.1) is 0 Å². The van der Waals surface area contributed by atoms with Crippen LogP contribution in [0.1, 0.15) is 48.6 Å². The Balaban J connectivity index is 1.85. The van der Waals surface area contributed by atoms with Crippen LogP contribution < -0.4 is 11.1 Å². The highest BCUT2D eigenvalue weighted by atomic mass is 14.9. The fourth-order valence-corrected chi connectivity index (χ4v) is 2.75. The molecule has 2 nitrogen and oxygen atoms in total. The number of hydrogen-bond donors (Lipinski definition) is 2. The van der Waals surface area contributed by atoms with E-state index < -0.39 is 0 Å². The van der Waals surface area contributed by atoms with Crippen LogP contribution in [-0.2, 0) is 0 Å². The van der Waals surface area contributed by atoms with Crippen molar-refractivity contribution in [3.8, 4) is 0 Å². The van der Waals surface area contributed by atoms with E-state index in [0.717, 1.165) is 30.6 Å². The van der Waals surface area contributed by atoms with Crippen LogP contribution in [0.3, 0.4) is 0 Å². The molecule has 0 spiro atoms. The molecular formula is C14H20N2. The molecule has 1 aliphatic carbocycles. The molecule has 3 rings (SSSR count). The molecule has 1 saturated heterocycles. The Morgan fingerprint density at radius 2 is 1.75 bits per heavy atom. The Kier molecular flexibility index (Phi) is 2.60. The van der Waals surface area contributed by atoms with Crippen LogP contribution in [0.25, 0.3) is 0 Å². The molecule has 0 unspecified atom stereocenters. The number of benzene rings is 1. The monoisotopic (exact) mass is 216 g/mol. The first-order chi connectivity index (χ1) is 7.84. The number of hydrogen-bond acceptors (Lipinski definition) is 2. The van der Waals surface area contributed by atoms with Gasteiger partial charge < -0.3 is 11.1 Å². The molecule has 2 aliphatic rings. The van der Waals surface area contributed by atoms with Crippen molar-refractivity contribution in [2.75, 3.05) is 18.8 Å². The fraction of sp³-hybridized carbons (Fsp3) is 0.571. The minimum atomic E-state index is 0.749. The highest BCUT2D eigenvalue weighted by molar-refractivity contribution is 5.52. The first-order valence-electron chi connectivity index (χ1n) is 6.44. The molecule has 2 fully saturated rings. The number of rotatable bonds is 2. The SMILES string of the molecule is Nc1ccc(C2CCNCC2)cc1C1CC1. The number of nitrogen functional groups attached to an aromatic ring is 1. The van der Waals surface area contributed by atoms with Gasteiger partial charge in [-0.25, -0.2) is 0 Å². The molecule has 1 heterocycles. The predicted molar refractivity (Wildman–Crippen MR) is 67.7 cm³/mol. The van der Waals surface area contributed by atoms with E-state index in [-0.39, 0.29) is 0 Å². The molecule has 1 saturated carbocycles. The number of anilines is 1. The van der Waals surface area contributed by atoms with Crippen molar-refractivity contribution in [2.45, 2.75) is 37.5 Å². The molecule has 3 N–H and O–H groups in total. The van der Waals surface area contributed by atoms with Gasteiger partial charge in [0, 0.05) is 5.69 Å². The maximum absolute atomic E-state index is 6.05. The van der Waals surface area contributed by atoms with E-state index in [0.29, 0.717) is 0 Å². The molecule has 86 valence electrons. The van der Waals surface area contributed by atoms with E-state index in [2.05, 4.69) is 23.5 Å². The lowest BCUT2D eigenvalue weighted by Gasteiger charge is -2.23. The first kappa shape index (κ1) is 10.2. The highest BCUT2D eigenvalue weighted by Gasteiger charge is 2.26. The van der Waals surface area contributed by atoms with Crippen LogP contribution >= 0.6 is 0 Å². The summed E-state index contributed by atoms with van der Waals surface area (Å²) in [5.41, 5.74) is 9.97. The van der Waals surface area contributed by atoms with Crippen LogP contribution in [0.2, 0.25) is 0 Å². The molecule has 0 bridgehead atoms. The van der Waals surface area contributed by atoms with Gasteiger partial charge in [-0.1, -0.05) is 12.1 Å². The number of nitrogens with two attached hydrogens (primary N) is 1. The lowest BCUT2D eigenvalue weighted by atomic mass is 9.88. The number of piperidine rings is 1. The van der Waals surface area contributed by atoms with Crippen molar-refractivity contribution < 1.29 is 0 Å². The Hall–Kier alpha value is -1.02. The van der Waals surface area contributed by atoms with Gasteiger partial charge in [-0.15, -0.1) is 0 Å². The first-order valence-corrected chi connectivity index (χ1v) is 6.44. The molecule has 1 aromatic rings. The minimum absolute atomic E-state index is 0.749. The fourth-order valence-electron chi connectivity index (χ4n) is 2.75. The Morgan fingerprint density at radius 1 is 1.00 bits per heavy atom. The Bertz CT molecular complexity index is 376. The second kappa shape index (κ2) is 4.10.